The smallest absolute Gasteiger partial charge is 0.412 e. The van der Waals surface area contributed by atoms with E-state index < -0.39 is 36.1 Å². The molecule has 9 heteroatoms. The highest BCUT2D eigenvalue weighted by molar-refractivity contribution is 5.93. The van der Waals surface area contributed by atoms with Crippen molar-refractivity contribution in [3.8, 4) is 0 Å². The van der Waals surface area contributed by atoms with E-state index in [-0.39, 0.29) is 11.8 Å². The van der Waals surface area contributed by atoms with E-state index in [1.54, 1.807) is 45.1 Å². The third kappa shape index (κ3) is 7.92. The lowest BCUT2D eigenvalue weighted by Gasteiger charge is -2.30. The van der Waals surface area contributed by atoms with Crippen molar-refractivity contribution in [3.63, 3.8) is 0 Å². The Morgan fingerprint density at radius 3 is 2.39 bits per heavy atom. The maximum atomic E-state index is 13.0. The maximum absolute atomic E-state index is 13.0. The minimum absolute atomic E-state index is 0.226. The minimum Gasteiger partial charge on any atom is -0.467 e. The standard InChI is InChI=1S/C22H33N3O6/c1-7-8-9-11-15(4)31-22(29)23-16(5)19(26)24-18(14(2)3)20(27)25-13-10-12-17(25)21(28)30-6/h7-9,11,14,16-18H,1,10,12-13H2,2-6H3,(H,23,29)(H,24,26)/b9-8-,15-11+. The molecule has 0 aromatic carbocycles. The highest BCUT2D eigenvalue weighted by atomic mass is 16.6. The van der Waals surface area contributed by atoms with Crippen molar-refractivity contribution in [1.29, 1.82) is 0 Å². The Bertz CT molecular complexity index is 744. The summed E-state index contributed by atoms with van der Waals surface area (Å²) in [7, 11) is 1.28. The average molecular weight is 436 g/mol. The molecule has 0 spiro atoms. The van der Waals surface area contributed by atoms with E-state index >= 15 is 0 Å². The highest BCUT2D eigenvalue weighted by Gasteiger charge is 2.39. The second-order valence-electron chi connectivity index (χ2n) is 7.60. The monoisotopic (exact) mass is 435 g/mol. The number of carbonyl (C=O) groups excluding carboxylic acids is 4. The van der Waals surface area contributed by atoms with Gasteiger partial charge in [0, 0.05) is 6.54 Å². The molecule has 31 heavy (non-hydrogen) atoms. The van der Waals surface area contributed by atoms with Crippen LogP contribution in [0, 0.1) is 5.92 Å². The fraction of sp³-hybridized carbons (Fsp3) is 0.545. The van der Waals surface area contributed by atoms with Crippen LogP contribution in [0.4, 0.5) is 4.79 Å². The normalized spacial score (nSPS) is 18.5. The molecule has 1 rings (SSSR count). The van der Waals surface area contributed by atoms with Crippen molar-refractivity contribution in [3.05, 3.63) is 36.6 Å². The van der Waals surface area contributed by atoms with Gasteiger partial charge in [-0.25, -0.2) is 9.59 Å². The number of methoxy groups -OCH3 is 1. The maximum Gasteiger partial charge on any atom is 0.412 e. The lowest BCUT2D eigenvalue weighted by molar-refractivity contribution is -0.152. The molecule has 0 bridgehead atoms. The summed E-state index contributed by atoms with van der Waals surface area (Å²) < 4.78 is 9.86. The molecule has 0 aromatic rings. The summed E-state index contributed by atoms with van der Waals surface area (Å²) in [4.78, 5) is 51.0. The van der Waals surface area contributed by atoms with Crippen molar-refractivity contribution < 1.29 is 28.7 Å². The molecule has 3 amide bonds. The molecule has 1 fully saturated rings. The number of alkyl carbamates (subject to hydrolysis) is 1. The van der Waals surface area contributed by atoms with Crippen molar-refractivity contribution in [1.82, 2.24) is 15.5 Å². The Morgan fingerprint density at radius 1 is 1.13 bits per heavy atom. The first-order valence-electron chi connectivity index (χ1n) is 10.2. The molecular weight excluding hydrogens is 402 g/mol. The van der Waals surface area contributed by atoms with E-state index in [1.165, 1.54) is 18.9 Å². The van der Waals surface area contributed by atoms with Gasteiger partial charge in [-0.2, -0.15) is 0 Å². The highest BCUT2D eigenvalue weighted by Crippen LogP contribution is 2.21. The van der Waals surface area contributed by atoms with Gasteiger partial charge in [-0.1, -0.05) is 38.7 Å². The van der Waals surface area contributed by atoms with Crippen molar-refractivity contribution >= 4 is 23.9 Å². The van der Waals surface area contributed by atoms with Gasteiger partial charge in [0.2, 0.25) is 11.8 Å². The average Bonchev–Trinajstić information content (AvgIpc) is 3.20. The first-order chi connectivity index (χ1) is 14.6. The van der Waals surface area contributed by atoms with Crippen LogP contribution in [-0.2, 0) is 23.9 Å². The molecule has 9 nitrogen and oxygen atoms in total. The Kier molecular flexibility index (Phi) is 10.5. The van der Waals surface area contributed by atoms with Gasteiger partial charge < -0.3 is 25.0 Å². The van der Waals surface area contributed by atoms with Gasteiger partial charge in [-0.3, -0.25) is 9.59 Å². The molecule has 172 valence electrons. The number of carbonyl (C=O) groups is 4. The summed E-state index contributed by atoms with van der Waals surface area (Å²) in [5, 5.41) is 5.11. The van der Waals surface area contributed by atoms with Crippen molar-refractivity contribution in [2.75, 3.05) is 13.7 Å². The number of hydrogen-bond acceptors (Lipinski definition) is 6. The lowest BCUT2D eigenvalue weighted by atomic mass is 10.0. The Morgan fingerprint density at radius 2 is 1.81 bits per heavy atom. The zero-order valence-electron chi connectivity index (χ0n) is 18.8. The van der Waals surface area contributed by atoms with Crippen LogP contribution in [0.3, 0.4) is 0 Å². The Labute approximate surface area is 183 Å². The molecule has 0 radical (unpaired) electrons. The van der Waals surface area contributed by atoms with Gasteiger partial charge in [0.05, 0.1) is 7.11 Å². The Hall–Kier alpha value is -3.10. The van der Waals surface area contributed by atoms with Crippen LogP contribution >= 0.6 is 0 Å². The fourth-order valence-electron chi connectivity index (χ4n) is 3.10. The van der Waals surface area contributed by atoms with E-state index in [1.807, 2.05) is 0 Å². The molecular formula is C22H33N3O6. The molecule has 3 unspecified atom stereocenters. The quantitative estimate of drug-likeness (QED) is 0.326. The number of amides is 3. The molecule has 1 heterocycles. The first kappa shape index (κ1) is 25.9. The summed E-state index contributed by atoms with van der Waals surface area (Å²) in [6.45, 7) is 10.6. The molecule has 0 aromatic heterocycles. The summed E-state index contributed by atoms with van der Waals surface area (Å²) in [6.07, 6.45) is 6.91. The van der Waals surface area contributed by atoms with Crippen LogP contribution in [0.1, 0.15) is 40.5 Å². The van der Waals surface area contributed by atoms with Crippen LogP contribution in [0.25, 0.3) is 0 Å². The largest absolute Gasteiger partial charge is 0.467 e. The number of hydrogen-bond donors (Lipinski definition) is 2. The van der Waals surface area contributed by atoms with Gasteiger partial charge in [0.15, 0.2) is 0 Å². The SMILES string of the molecule is C=C/C=C\C=C(/C)OC(=O)NC(C)C(=O)NC(C(=O)N1CCCC1C(=O)OC)C(C)C. The van der Waals surface area contributed by atoms with Gasteiger partial charge in [-0.05, 0) is 38.7 Å². The van der Waals surface area contributed by atoms with E-state index in [0.29, 0.717) is 25.1 Å². The lowest BCUT2D eigenvalue weighted by Crippen LogP contribution is -2.57. The minimum atomic E-state index is -0.937. The van der Waals surface area contributed by atoms with Crippen LogP contribution in [0.5, 0.6) is 0 Å². The van der Waals surface area contributed by atoms with E-state index in [2.05, 4.69) is 17.2 Å². The zero-order chi connectivity index (χ0) is 23.6. The molecule has 1 aliphatic heterocycles. The Balaban J connectivity index is 2.74. The zero-order valence-corrected chi connectivity index (χ0v) is 18.8. The third-order valence-electron chi connectivity index (χ3n) is 4.80. The summed E-state index contributed by atoms with van der Waals surface area (Å²) >= 11 is 0. The number of rotatable bonds is 9. The molecule has 3 atom stereocenters. The number of nitrogens with one attached hydrogen (secondary N) is 2. The van der Waals surface area contributed by atoms with Gasteiger partial charge in [0.25, 0.3) is 0 Å². The fourth-order valence-corrected chi connectivity index (χ4v) is 3.10. The second-order valence-corrected chi connectivity index (χ2v) is 7.60. The van der Waals surface area contributed by atoms with Gasteiger partial charge in [-0.15, -0.1) is 0 Å². The first-order valence-corrected chi connectivity index (χ1v) is 10.2. The summed E-state index contributed by atoms with van der Waals surface area (Å²) in [6, 6.07) is -2.43. The van der Waals surface area contributed by atoms with Crippen LogP contribution < -0.4 is 10.6 Å². The molecule has 1 saturated heterocycles. The number of ether oxygens (including phenoxy) is 2. The number of allylic oxidation sites excluding steroid dienone is 5. The number of nitrogens with zero attached hydrogens (tertiary/aromatic N) is 1. The molecule has 1 aliphatic rings. The van der Waals surface area contributed by atoms with Crippen molar-refractivity contribution in [2.24, 2.45) is 5.92 Å². The number of likely N-dealkylation sites (tertiary alicyclic amines) is 1. The van der Waals surface area contributed by atoms with E-state index in [4.69, 9.17) is 9.47 Å². The van der Waals surface area contributed by atoms with Crippen LogP contribution in [-0.4, -0.2) is 60.6 Å². The number of esters is 1. The van der Waals surface area contributed by atoms with E-state index in [9.17, 15) is 19.2 Å². The van der Waals surface area contributed by atoms with Crippen LogP contribution in [0.15, 0.2) is 36.6 Å². The van der Waals surface area contributed by atoms with Gasteiger partial charge >= 0.3 is 12.1 Å². The molecule has 0 aliphatic carbocycles. The second kappa shape index (κ2) is 12.6. The summed E-state index contributed by atoms with van der Waals surface area (Å²) in [5.74, 6) is -1.24. The van der Waals surface area contributed by atoms with Crippen molar-refractivity contribution in [2.45, 2.75) is 58.7 Å². The molecule has 2 N–H and O–H groups in total. The third-order valence-corrected chi connectivity index (χ3v) is 4.80. The van der Waals surface area contributed by atoms with E-state index in [0.717, 1.165) is 0 Å². The van der Waals surface area contributed by atoms with Gasteiger partial charge in [0.1, 0.15) is 23.9 Å². The van der Waals surface area contributed by atoms with Crippen LogP contribution in [0.2, 0.25) is 0 Å². The predicted octanol–water partition coefficient (Wildman–Crippen LogP) is 2.05. The molecule has 0 saturated carbocycles. The predicted molar refractivity (Wildman–Crippen MR) is 116 cm³/mol. The summed E-state index contributed by atoms with van der Waals surface area (Å²) in [5.41, 5.74) is 0. The topological polar surface area (TPSA) is 114 Å².